The molecule has 2 saturated carbocycles. The molecule has 2 aliphatic carbocycles. The van der Waals surface area contributed by atoms with Crippen molar-refractivity contribution in [1.82, 2.24) is 26.2 Å². The molecule has 46 heavy (non-hydrogen) atoms. The third-order valence-corrected chi connectivity index (χ3v) is 11.5. The first-order valence-corrected chi connectivity index (χ1v) is 18.0. The van der Waals surface area contributed by atoms with Crippen molar-refractivity contribution >= 4 is 35.5 Å². The van der Waals surface area contributed by atoms with E-state index in [0.717, 1.165) is 37.9 Å². The summed E-state index contributed by atoms with van der Waals surface area (Å²) in [6, 6.07) is -2.33. The van der Waals surface area contributed by atoms with Gasteiger partial charge < -0.3 is 26.2 Å². The highest BCUT2D eigenvalue weighted by Crippen LogP contribution is 2.65. The summed E-state index contributed by atoms with van der Waals surface area (Å²) in [5, 5.41) is 12.2. The van der Waals surface area contributed by atoms with Gasteiger partial charge in [-0.25, -0.2) is 4.79 Å². The number of hydrogen-bond donors (Lipinski definition) is 4. The van der Waals surface area contributed by atoms with Crippen molar-refractivity contribution in [2.45, 2.75) is 135 Å². The molecule has 0 spiro atoms. The Labute approximate surface area is 282 Å². The summed E-state index contributed by atoms with van der Waals surface area (Å²) in [4.78, 5) is 56.3. The Morgan fingerprint density at radius 3 is 2.28 bits per heavy atom. The number of fused-ring (bicyclic) bond motifs is 1. The number of hydrogen-bond acceptors (Lipinski definition) is 5. The van der Waals surface area contributed by atoms with Gasteiger partial charge in [0.2, 0.25) is 17.7 Å². The second kappa shape index (κ2) is 15.0. The van der Waals surface area contributed by atoms with E-state index >= 15 is 0 Å². The van der Waals surface area contributed by atoms with Crippen LogP contribution in [0.2, 0.25) is 0 Å². The lowest BCUT2D eigenvalue weighted by Crippen LogP contribution is -2.63. The average Bonchev–Trinajstić information content (AvgIpc) is 3.27. The van der Waals surface area contributed by atoms with Gasteiger partial charge >= 0.3 is 6.03 Å². The zero-order valence-electron chi connectivity index (χ0n) is 29.5. The molecule has 0 aromatic heterocycles. The molecule has 3 rings (SSSR count). The van der Waals surface area contributed by atoms with Gasteiger partial charge in [-0.05, 0) is 41.9 Å². The van der Waals surface area contributed by atoms with Crippen LogP contribution in [0.25, 0.3) is 0 Å². The first kappa shape index (κ1) is 37.8. The summed E-state index contributed by atoms with van der Waals surface area (Å²) in [5.41, 5.74) is -1.01. The Morgan fingerprint density at radius 2 is 1.72 bits per heavy atom. The monoisotopic (exact) mass is 657 g/mol. The maximum absolute atomic E-state index is 14.4. The molecule has 5 atom stereocenters. The van der Waals surface area contributed by atoms with Crippen LogP contribution in [-0.2, 0) is 14.4 Å². The molecule has 10 heteroatoms. The molecule has 0 bridgehead atoms. The minimum absolute atomic E-state index is 0.00583. The number of amides is 5. The standard InChI is InChI=1S/C36H59N5O4S/c1-11-13-17-24(21-26(42)37-20-12-2)38-30(43)28-27-25(35(27,9)10)22-41(28)31(44)29(33(3,4)5)39-32(45)40-36(18-15-14-16-19-36)23-46-34(6,7)8/h1,12,24-25,27-29H,2,13-23H2,3-10H3,(H,37,42)(H,38,43)(H2,39,40,45)/t24?,25?,27?,28-,29+/m0/s1. The molecule has 0 radical (unpaired) electrons. The SMILES string of the molecule is C#CCCC(CC(=O)NCC=C)NC(=O)[C@@H]1C2C(CN1C(=O)[C@@H](NC(=O)NC1(CSC(C)(C)C)CCCCC1)C(C)(C)C)C2(C)C. The van der Waals surface area contributed by atoms with Crippen molar-refractivity contribution < 1.29 is 19.2 Å². The van der Waals surface area contributed by atoms with Crippen molar-refractivity contribution in [3.05, 3.63) is 12.7 Å². The Morgan fingerprint density at radius 1 is 1.07 bits per heavy atom. The molecule has 1 aliphatic heterocycles. The quantitative estimate of drug-likeness (QED) is 0.164. The van der Waals surface area contributed by atoms with Crippen LogP contribution in [0, 0.1) is 35.0 Å². The molecule has 0 aromatic carbocycles. The van der Waals surface area contributed by atoms with Crippen LogP contribution in [0.5, 0.6) is 0 Å². The van der Waals surface area contributed by atoms with Gasteiger partial charge in [-0.15, -0.1) is 18.9 Å². The maximum atomic E-state index is 14.4. The number of piperidine rings is 1. The zero-order chi connectivity index (χ0) is 34.5. The third kappa shape index (κ3) is 9.68. The highest BCUT2D eigenvalue weighted by Gasteiger charge is 2.69. The lowest BCUT2D eigenvalue weighted by Gasteiger charge is -2.41. The van der Waals surface area contributed by atoms with Gasteiger partial charge in [0.05, 0.1) is 5.54 Å². The van der Waals surface area contributed by atoms with E-state index in [2.05, 4.69) is 68.4 Å². The third-order valence-electron chi connectivity index (χ3n) is 9.98. The van der Waals surface area contributed by atoms with Crippen molar-refractivity contribution in [3.8, 4) is 12.3 Å². The van der Waals surface area contributed by atoms with E-state index < -0.39 is 23.5 Å². The largest absolute Gasteiger partial charge is 0.353 e. The van der Waals surface area contributed by atoms with Gasteiger partial charge in [0.1, 0.15) is 12.1 Å². The van der Waals surface area contributed by atoms with E-state index in [9.17, 15) is 19.2 Å². The van der Waals surface area contributed by atoms with Crippen LogP contribution < -0.4 is 21.3 Å². The van der Waals surface area contributed by atoms with Crippen LogP contribution in [0.3, 0.4) is 0 Å². The van der Waals surface area contributed by atoms with Crippen LogP contribution in [0.15, 0.2) is 12.7 Å². The van der Waals surface area contributed by atoms with E-state index in [4.69, 9.17) is 6.42 Å². The van der Waals surface area contributed by atoms with E-state index in [-0.39, 0.29) is 57.7 Å². The van der Waals surface area contributed by atoms with Crippen LogP contribution in [0.4, 0.5) is 4.79 Å². The van der Waals surface area contributed by atoms with Gasteiger partial charge in [0.25, 0.3) is 0 Å². The molecule has 4 N–H and O–H groups in total. The predicted molar refractivity (Wildman–Crippen MR) is 187 cm³/mol. The predicted octanol–water partition coefficient (Wildman–Crippen LogP) is 5.01. The number of likely N-dealkylation sites (tertiary alicyclic amines) is 1. The summed E-state index contributed by atoms with van der Waals surface area (Å²) < 4.78 is 0.0711. The molecule has 1 heterocycles. The summed E-state index contributed by atoms with van der Waals surface area (Å²) in [5.74, 6) is 2.86. The fraction of sp³-hybridized carbons (Fsp3) is 0.778. The van der Waals surface area contributed by atoms with Gasteiger partial charge in [-0.3, -0.25) is 14.4 Å². The van der Waals surface area contributed by atoms with E-state index in [1.54, 1.807) is 11.0 Å². The normalized spacial score (nSPS) is 24.4. The van der Waals surface area contributed by atoms with Gasteiger partial charge in [-0.2, -0.15) is 11.8 Å². The maximum Gasteiger partial charge on any atom is 0.315 e. The van der Waals surface area contributed by atoms with Crippen LogP contribution >= 0.6 is 11.8 Å². The van der Waals surface area contributed by atoms with Crippen LogP contribution in [0.1, 0.15) is 107 Å². The highest BCUT2D eigenvalue weighted by atomic mass is 32.2. The van der Waals surface area contributed by atoms with Crippen molar-refractivity contribution in [2.24, 2.45) is 22.7 Å². The first-order valence-electron chi connectivity index (χ1n) is 17.0. The Balaban J connectivity index is 1.80. The number of thioether (sulfide) groups is 1. The molecule has 1 saturated heterocycles. The molecule has 3 aliphatic rings. The molecule has 5 amide bonds. The topological polar surface area (TPSA) is 120 Å². The zero-order valence-corrected chi connectivity index (χ0v) is 30.3. The van der Waals surface area contributed by atoms with Gasteiger partial charge in [0, 0.05) is 42.5 Å². The lowest BCUT2D eigenvalue weighted by atomic mass is 9.83. The molecular formula is C36H59N5O4S. The van der Waals surface area contributed by atoms with E-state index in [1.165, 1.54) is 0 Å². The summed E-state index contributed by atoms with van der Waals surface area (Å²) in [7, 11) is 0. The Hall–Kier alpha value is -2.67. The lowest BCUT2D eigenvalue weighted by molar-refractivity contribution is -0.144. The number of nitrogens with zero attached hydrogens (tertiary/aromatic N) is 1. The van der Waals surface area contributed by atoms with Crippen molar-refractivity contribution in [1.29, 1.82) is 0 Å². The fourth-order valence-corrected chi connectivity index (χ4v) is 8.25. The van der Waals surface area contributed by atoms with Crippen LogP contribution in [-0.4, -0.2) is 75.9 Å². The molecule has 258 valence electrons. The smallest absolute Gasteiger partial charge is 0.315 e. The minimum atomic E-state index is -0.832. The second-order valence-electron chi connectivity index (χ2n) is 16.3. The second-order valence-corrected chi connectivity index (χ2v) is 18.1. The molecular weight excluding hydrogens is 598 g/mol. The number of carbonyl (C=O) groups excluding carboxylic acids is 4. The fourth-order valence-electron chi connectivity index (χ4n) is 7.18. The molecule has 3 fully saturated rings. The average molecular weight is 658 g/mol. The Bertz CT molecular complexity index is 1170. The van der Waals surface area contributed by atoms with E-state index in [1.807, 2.05) is 32.5 Å². The molecule has 9 nitrogen and oxygen atoms in total. The number of rotatable bonds is 13. The number of carbonyl (C=O) groups is 4. The number of urea groups is 1. The first-order chi connectivity index (χ1) is 21.3. The molecule has 3 unspecified atom stereocenters. The van der Waals surface area contributed by atoms with Gasteiger partial charge in [-0.1, -0.05) is 80.7 Å². The number of terminal acetylenes is 1. The Kier molecular flexibility index (Phi) is 12.4. The van der Waals surface area contributed by atoms with Gasteiger partial charge in [0.15, 0.2) is 0 Å². The molecule has 0 aromatic rings. The summed E-state index contributed by atoms with van der Waals surface area (Å²) in [6.07, 6.45) is 13.2. The summed E-state index contributed by atoms with van der Waals surface area (Å²) >= 11 is 1.85. The number of nitrogens with one attached hydrogen (secondary N) is 4. The summed E-state index contributed by atoms with van der Waals surface area (Å²) in [6.45, 7) is 21.1. The minimum Gasteiger partial charge on any atom is -0.353 e. The highest BCUT2D eigenvalue weighted by molar-refractivity contribution is 8.00. The van der Waals surface area contributed by atoms with Crippen molar-refractivity contribution in [2.75, 3.05) is 18.8 Å². The van der Waals surface area contributed by atoms with Crippen molar-refractivity contribution in [3.63, 3.8) is 0 Å². The van der Waals surface area contributed by atoms with E-state index in [0.29, 0.717) is 25.9 Å².